The van der Waals surface area contributed by atoms with Crippen LogP contribution in [0.3, 0.4) is 0 Å². The number of halogens is 1. The normalized spacial score (nSPS) is 12.4. The number of hydrogen-bond acceptors (Lipinski definition) is 3. The number of nitrogens with one attached hydrogen (secondary N) is 1. The predicted molar refractivity (Wildman–Crippen MR) is 69.6 cm³/mol. The molecule has 0 aliphatic carbocycles. The Kier molecular flexibility index (Phi) is 5.38. The van der Waals surface area contributed by atoms with Gasteiger partial charge in [0.1, 0.15) is 0 Å². The Hall–Kier alpha value is -1.13. The Balaban J connectivity index is 2.75. The fraction of sp³-hybridized carbons (Fsp3) is 0.500. The van der Waals surface area contributed by atoms with Crippen molar-refractivity contribution in [2.75, 3.05) is 6.54 Å². The molecule has 1 atom stereocenters. The van der Waals surface area contributed by atoms with Crippen molar-refractivity contribution in [3.63, 3.8) is 0 Å². The summed E-state index contributed by atoms with van der Waals surface area (Å²) >= 11 is 5.86. The van der Waals surface area contributed by atoms with Crippen LogP contribution in [0, 0.1) is 10.1 Å². The maximum absolute atomic E-state index is 10.9. The predicted octanol–water partition coefficient (Wildman–Crippen LogP) is 3.18. The minimum absolute atomic E-state index is 0.151. The molecule has 5 heteroatoms. The smallest absolute Gasteiger partial charge is 0.272 e. The highest BCUT2D eigenvalue weighted by Crippen LogP contribution is 2.24. The number of rotatable bonds is 6. The zero-order chi connectivity index (χ0) is 12.8. The molecule has 0 heterocycles. The van der Waals surface area contributed by atoms with E-state index in [2.05, 4.69) is 12.2 Å². The second kappa shape index (κ2) is 6.57. The van der Waals surface area contributed by atoms with Crippen molar-refractivity contribution in [2.24, 2.45) is 0 Å². The molecule has 1 unspecified atom stereocenters. The lowest BCUT2D eigenvalue weighted by Crippen LogP contribution is -2.25. The van der Waals surface area contributed by atoms with E-state index in [1.54, 1.807) is 12.1 Å². The molecule has 0 saturated heterocycles. The van der Waals surface area contributed by atoms with E-state index < -0.39 is 0 Å². The molecule has 1 rings (SSSR count). The number of nitro benzene ring substituents is 1. The number of aryl methyl sites for hydroxylation is 1. The van der Waals surface area contributed by atoms with Gasteiger partial charge >= 0.3 is 0 Å². The molecule has 0 saturated carbocycles. The van der Waals surface area contributed by atoms with Gasteiger partial charge in [0, 0.05) is 22.7 Å². The molecule has 0 fully saturated rings. The van der Waals surface area contributed by atoms with Crippen molar-refractivity contribution < 1.29 is 4.92 Å². The Morgan fingerprint density at radius 2 is 2.24 bits per heavy atom. The second-order valence-electron chi connectivity index (χ2n) is 4.03. The van der Waals surface area contributed by atoms with Crippen LogP contribution in [0.1, 0.15) is 25.8 Å². The summed E-state index contributed by atoms with van der Waals surface area (Å²) < 4.78 is 0. The summed E-state index contributed by atoms with van der Waals surface area (Å²) in [6.07, 6.45) is 1.51. The van der Waals surface area contributed by atoms with Crippen molar-refractivity contribution in [1.29, 1.82) is 0 Å². The number of benzene rings is 1. The monoisotopic (exact) mass is 256 g/mol. The third-order valence-electron chi connectivity index (χ3n) is 2.64. The summed E-state index contributed by atoms with van der Waals surface area (Å²) in [4.78, 5) is 10.5. The van der Waals surface area contributed by atoms with Crippen LogP contribution < -0.4 is 5.32 Å². The number of nitro groups is 1. The molecule has 4 nitrogen and oxygen atoms in total. The first-order chi connectivity index (χ1) is 8.04. The van der Waals surface area contributed by atoms with Gasteiger partial charge in [-0.25, -0.2) is 0 Å². The van der Waals surface area contributed by atoms with E-state index in [-0.39, 0.29) is 10.6 Å². The first-order valence-electron chi connectivity index (χ1n) is 5.70. The summed E-state index contributed by atoms with van der Waals surface area (Å²) in [7, 11) is 0. The summed E-state index contributed by atoms with van der Waals surface area (Å²) in [5.41, 5.74) is 0.852. The Bertz CT molecular complexity index is 396. The Morgan fingerprint density at radius 1 is 1.53 bits per heavy atom. The van der Waals surface area contributed by atoms with E-state index >= 15 is 0 Å². The molecule has 1 N–H and O–H groups in total. The number of nitrogens with zero attached hydrogens (tertiary/aromatic N) is 1. The largest absolute Gasteiger partial charge is 0.315 e. The fourth-order valence-corrected chi connectivity index (χ4v) is 1.95. The van der Waals surface area contributed by atoms with Crippen LogP contribution in [0.2, 0.25) is 5.02 Å². The molecule has 0 radical (unpaired) electrons. The first kappa shape index (κ1) is 13.9. The third-order valence-corrected chi connectivity index (χ3v) is 2.87. The SMILES string of the molecule is CCNC(C)CCc1cc(Cl)ccc1[N+](=O)[O-]. The summed E-state index contributed by atoms with van der Waals surface area (Å²) in [6, 6.07) is 5.05. The highest BCUT2D eigenvalue weighted by molar-refractivity contribution is 6.30. The van der Waals surface area contributed by atoms with Gasteiger partial charge in [-0.15, -0.1) is 0 Å². The van der Waals surface area contributed by atoms with Crippen LogP contribution >= 0.6 is 11.6 Å². The molecule has 0 aromatic heterocycles. The van der Waals surface area contributed by atoms with E-state index in [1.165, 1.54) is 6.07 Å². The minimum atomic E-state index is -0.358. The van der Waals surface area contributed by atoms with Gasteiger partial charge in [0.05, 0.1) is 4.92 Å². The molecule has 94 valence electrons. The van der Waals surface area contributed by atoms with Gasteiger partial charge in [-0.3, -0.25) is 10.1 Å². The highest BCUT2D eigenvalue weighted by atomic mass is 35.5. The zero-order valence-corrected chi connectivity index (χ0v) is 10.8. The van der Waals surface area contributed by atoms with Crippen LogP contribution in [0.4, 0.5) is 5.69 Å². The topological polar surface area (TPSA) is 55.2 Å². The van der Waals surface area contributed by atoms with E-state index in [9.17, 15) is 10.1 Å². The lowest BCUT2D eigenvalue weighted by molar-refractivity contribution is -0.385. The molecule has 1 aromatic carbocycles. The lowest BCUT2D eigenvalue weighted by atomic mass is 10.0. The van der Waals surface area contributed by atoms with Crippen molar-refractivity contribution in [3.8, 4) is 0 Å². The van der Waals surface area contributed by atoms with Gasteiger partial charge in [0.2, 0.25) is 0 Å². The van der Waals surface area contributed by atoms with Crippen LogP contribution in [0.25, 0.3) is 0 Å². The quantitative estimate of drug-likeness (QED) is 0.628. The van der Waals surface area contributed by atoms with Crippen molar-refractivity contribution in [1.82, 2.24) is 5.32 Å². The van der Waals surface area contributed by atoms with E-state index in [0.29, 0.717) is 23.0 Å². The second-order valence-corrected chi connectivity index (χ2v) is 4.46. The van der Waals surface area contributed by atoms with Crippen LogP contribution in [-0.4, -0.2) is 17.5 Å². The molecule has 0 bridgehead atoms. The van der Waals surface area contributed by atoms with Gasteiger partial charge in [0.15, 0.2) is 0 Å². The average molecular weight is 257 g/mol. The standard InChI is InChI=1S/C12H17ClN2O2/c1-3-14-9(2)4-5-10-8-11(13)6-7-12(10)15(16)17/h6-9,14H,3-5H2,1-2H3. The summed E-state index contributed by atoms with van der Waals surface area (Å²) in [5, 5.41) is 14.7. The first-order valence-corrected chi connectivity index (χ1v) is 6.08. The van der Waals surface area contributed by atoms with Crippen LogP contribution in [0.5, 0.6) is 0 Å². The molecule has 0 aliphatic heterocycles. The van der Waals surface area contributed by atoms with E-state index in [1.807, 2.05) is 6.92 Å². The Morgan fingerprint density at radius 3 is 2.82 bits per heavy atom. The maximum atomic E-state index is 10.9. The highest BCUT2D eigenvalue weighted by Gasteiger charge is 2.14. The van der Waals surface area contributed by atoms with Gasteiger partial charge in [-0.1, -0.05) is 18.5 Å². The molecule has 1 aromatic rings. The third kappa shape index (κ3) is 4.32. The molecular weight excluding hydrogens is 240 g/mol. The van der Waals surface area contributed by atoms with Crippen LogP contribution in [-0.2, 0) is 6.42 Å². The van der Waals surface area contributed by atoms with E-state index in [0.717, 1.165) is 13.0 Å². The summed E-state index contributed by atoms with van der Waals surface area (Å²) in [6.45, 7) is 5.01. The Labute approximate surface area is 106 Å². The van der Waals surface area contributed by atoms with Gasteiger partial charge in [-0.2, -0.15) is 0 Å². The summed E-state index contributed by atoms with van der Waals surface area (Å²) in [5.74, 6) is 0. The van der Waals surface area contributed by atoms with E-state index in [4.69, 9.17) is 11.6 Å². The van der Waals surface area contributed by atoms with Crippen molar-refractivity contribution >= 4 is 17.3 Å². The van der Waals surface area contributed by atoms with Gasteiger partial charge < -0.3 is 5.32 Å². The van der Waals surface area contributed by atoms with Crippen molar-refractivity contribution in [3.05, 3.63) is 38.9 Å². The van der Waals surface area contributed by atoms with Gasteiger partial charge in [-0.05, 0) is 38.4 Å². The average Bonchev–Trinajstić information content (AvgIpc) is 2.26. The maximum Gasteiger partial charge on any atom is 0.272 e. The zero-order valence-electron chi connectivity index (χ0n) is 10.1. The van der Waals surface area contributed by atoms with Gasteiger partial charge in [0.25, 0.3) is 5.69 Å². The minimum Gasteiger partial charge on any atom is -0.315 e. The van der Waals surface area contributed by atoms with Crippen LogP contribution in [0.15, 0.2) is 18.2 Å². The molecule has 0 spiro atoms. The fourth-order valence-electron chi connectivity index (χ4n) is 1.75. The molecule has 17 heavy (non-hydrogen) atoms. The molecular formula is C12H17ClN2O2. The molecule has 0 aliphatic rings. The molecule has 0 amide bonds. The lowest BCUT2D eigenvalue weighted by Gasteiger charge is -2.12. The number of hydrogen-bond donors (Lipinski definition) is 1. The van der Waals surface area contributed by atoms with Crippen molar-refractivity contribution in [2.45, 2.75) is 32.7 Å².